The minimum Gasteiger partial charge on any atom is -0.488 e. The van der Waals surface area contributed by atoms with Crippen molar-refractivity contribution < 1.29 is 9.13 Å². The highest BCUT2D eigenvalue weighted by molar-refractivity contribution is 7.11. The third kappa shape index (κ3) is 3.05. The fourth-order valence-corrected chi connectivity index (χ4v) is 2.30. The maximum atomic E-state index is 13.0. The summed E-state index contributed by atoms with van der Waals surface area (Å²) in [6, 6.07) is 8.53. The van der Waals surface area contributed by atoms with Gasteiger partial charge in [0.1, 0.15) is 18.2 Å². The molecule has 4 heteroatoms. The van der Waals surface area contributed by atoms with Gasteiger partial charge in [-0.25, -0.2) is 4.39 Å². The summed E-state index contributed by atoms with van der Waals surface area (Å²) in [5.41, 5.74) is 6.47. The minimum absolute atomic E-state index is 0.278. The second-order valence-corrected chi connectivity index (χ2v) is 5.02. The molecule has 0 aliphatic rings. The number of hydrogen-bond acceptors (Lipinski definition) is 3. The van der Waals surface area contributed by atoms with E-state index >= 15 is 0 Å². The summed E-state index contributed by atoms with van der Waals surface area (Å²) < 4.78 is 18.6. The minimum atomic E-state index is -0.278. The molecule has 0 saturated carbocycles. The van der Waals surface area contributed by atoms with Gasteiger partial charge >= 0.3 is 0 Å². The zero-order chi connectivity index (χ0) is 12.3. The topological polar surface area (TPSA) is 35.2 Å². The van der Waals surface area contributed by atoms with E-state index in [0.717, 1.165) is 15.3 Å². The van der Waals surface area contributed by atoms with Crippen molar-refractivity contribution in [1.29, 1.82) is 0 Å². The average Bonchev–Trinajstić information content (AvgIpc) is 2.78. The van der Waals surface area contributed by atoms with Crippen LogP contribution in [0.25, 0.3) is 0 Å². The number of hydrogen-bond donors (Lipinski definition) is 1. The third-order valence-corrected chi connectivity index (χ3v) is 3.52. The van der Waals surface area contributed by atoms with Crippen LogP contribution in [0.4, 0.5) is 4.39 Å². The lowest BCUT2D eigenvalue weighted by atomic mass is 10.2. The molecule has 0 atom stereocenters. The Kier molecular flexibility index (Phi) is 3.76. The SMILES string of the molecule is Cc1ccc(F)cc1OCc1ccc(CN)s1. The average molecular weight is 251 g/mol. The van der Waals surface area contributed by atoms with Crippen molar-refractivity contribution in [1.82, 2.24) is 0 Å². The highest BCUT2D eigenvalue weighted by atomic mass is 32.1. The monoisotopic (exact) mass is 251 g/mol. The normalized spacial score (nSPS) is 10.5. The molecule has 0 aliphatic carbocycles. The summed E-state index contributed by atoms with van der Waals surface area (Å²) in [6.07, 6.45) is 0. The van der Waals surface area contributed by atoms with Crippen LogP contribution in [0.1, 0.15) is 15.3 Å². The van der Waals surface area contributed by atoms with Crippen molar-refractivity contribution in [2.45, 2.75) is 20.1 Å². The molecule has 2 nitrogen and oxygen atoms in total. The highest BCUT2D eigenvalue weighted by Gasteiger charge is 2.04. The molecule has 0 bridgehead atoms. The first kappa shape index (κ1) is 12.1. The van der Waals surface area contributed by atoms with Crippen LogP contribution in [0.3, 0.4) is 0 Å². The molecule has 2 aromatic rings. The van der Waals surface area contributed by atoms with Crippen LogP contribution in [0, 0.1) is 12.7 Å². The van der Waals surface area contributed by atoms with Crippen LogP contribution in [0.5, 0.6) is 5.75 Å². The zero-order valence-corrected chi connectivity index (χ0v) is 10.4. The summed E-state index contributed by atoms with van der Waals surface area (Å²) in [4.78, 5) is 2.22. The van der Waals surface area contributed by atoms with Crippen molar-refractivity contribution >= 4 is 11.3 Å². The molecule has 17 heavy (non-hydrogen) atoms. The van der Waals surface area contributed by atoms with E-state index in [-0.39, 0.29) is 5.82 Å². The first-order chi connectivity index (χ1) is 8.19. The molecule has 0 radical (unpaired) electrons. The summed E-state index contributed by atoms with van der Waals surface area (Å²) in [7, 11) is 0. The number of ether oxygens (including phenoxy) is 1. The van der Waals surface area contributed by atoms with Crippen LogP contribution in [0.2, 0.25) is 0 Å². The highest BCUT2D eigenvalue weighted by Crippen LogP contribution is 2.22. The van der Waals surface area contributed by atoms with Gasteiger partial charge in [-0.05, 0) is 30.7 Å². The summed E-state index contributed by atoms with van der Waals surface area (Å²) in [5, 5.41) is 0. The van der Waals surface area contributed by atoms with Crippen molar-refractivity contribution in [3.63, 3.8) is 0 Å². The molecule has 0 saturated heterocycles. The summed E-state index contributed by atoms with van der Waals surface area (Å²) >= 11 is 1.62. The van der Waals surface area contributed by atoms with E-state index in [4.69, 9.17) is 10.5 Å². The first-order valence-electron chi connectivity index (χ1n) is 5.35. The Morgan fingerprint density at radius 2 is 2.00 bits per heavy atom. The predicted octanol–water partition coefficient (Wildman–Crippen LogP) is 3.23. The Labute approximate surface area is 104 Å². The molecule has 1 aromatic carbocycles. The van der Waals surface area contributed by atoms with Gasteiger partial charge in [0.05, 0.1) is 0 Å². The molecule has 0 fully saturated rings. The fourth-order valence-electron chi connectivity index (χ4n) is 1.49. The van der Waals surface area contributed by atoms with Gasteiger partial charge in [-0.3, -0.25) is 0 Å². The molecule has 0 unspecified atom stereocenters. The lowest BCUT2D eigenvalue weighted by Gasteiger charge is -2.07. The quantitative estimate of drug-likeness (QED) is 0.905. The zero-order valence-electron chi connectivity index (χ0n) is 9.57. The van der Waals surface area contributed by atoms with Gasteiger partial charge in [-0.15, -0.1) is 11.3 Å². The van der Waals surface area contributed by atoms with E-state index in [9.17, 15) is 4.39 Å². The molecular weight excluding hydrogens is 237 g/mol. The number of halogens is 1. The van der Waals surface area contributed by atoms with Gasteiger partial charge in [0.2, 0.25) is 0 Å². The van der Waals surface area contributed by atoms with E-state index in [1.165, 1.54) is 12.1 Å². The molecule has 0 amide bonds. The molecule has 0 aliphatic heterocycles. The van der Waals surface area contributed by atoms with Crippen LogP contribution in [0.15, 0.2) is 30.3 Å². The smallest absolute Gasteiger partial charge is 0.126 e. The second-order valence-electron chi connectivity index (χ2n) is 3.77. The number of rotatable bonds is 4. The van der Waals surface area contributed by atoms with Gasteiger partial charge in [0.25, 0.3) is 0 Å². The third-order valence-electron chi connectivity index (χ3n) is 2.44. The van der Waals surface area contributed by atoms with Crippen LogP contribution >= 0.6 is 11.3 Å². The largest absolute Gasteiger partial charge is 0.488 e. The Hall–Kier alpha value is -1.39. The van der Waals surface area contributed by atoms with Crippen molar-refractivity contribution in [3.05, 3.63) is 51.5 Å². The van der Waals surface area contributed by atoms with Gasteiger partial charge in [-0.1, -0.05) is 6.07 Å². The number of benzene rings is 1. The van der Waals surface area contributed by atoms with E-state index in [1.54, 1.807) is 17.4 Å². The van der Waals surface area contributed by atoms with E-state index < -0.39 is 0 Å². The van der Waals surface area contributed by atoms with Gasteiger partial charge < -0.3 is 10.5 Å². The predicted molar refractivity (Wildman–Crippen MR) is 67.7 cm³/mol. The maximum Gasteiger partial charge on any atom is 0.126 e. The van der Waals surface area contributed by atoms with Crippen LogP contribution in [-0.2, 0) is 13.2 Å². The maximum absolute atomic E-state index is 13.0. The Morgan fingerprint density at radius 3 is 2.71 bits per heavy atom. The molecule has 2 N–H and O–H groups in total. The van der Waals surface area contributed by atoms with Gasteiger partial charge in [0.15, 0.2) is 0 Å². The summed E-state index contributed by atoms with van der Waals surface area (Å²) in [6.45, 7) is 2.90. The number of nitrogens with two attached hydrogens (primary N) is 1. The van der Waals surface area contributed by atoms with E-state index in [0.29, 0.717) is 18.9 Å². The van der Waals surface area contributed by atoms with Crippen LogP contribution < -0.4 is 10.5 Å². The standard InChI is InChI=1S/C13H14FNOS/c1-9-2-3-10(14)6-13(9)16-8-12-5-4-11(7-15)17-12/h2-6H,7-8,15H2,1H3. The number of aryl methyl sites for hydroxylation is 1. The van der Waals surface area contributed by atoms with E-state index in [2.05, 4.69) is 0 Å². The molecular formula is C13H14FNOS. The lowest BCUT2D eigenvalue weighted by molar-refractivity contribution is 0.306. The molecule has 1 heterocycles. The van der Waals surface area contributed by atoms with Crippen molar-refractivity contribution in [3.8, 4) is 5.75 Å². The lowest BCUT2D eigenvalue weighted by Crippen LogP contribution is -1.95. The van der Waals surface area contributed by atoms with Crippen molar-refractivity contribution in [2.24, 2.45) is 5.73 Å². The Balaban J connectivity index is 2.04. The van der Waals surface area contributed by atoms with Crippen molar-refractivity contribution in [2.75, 3.05) is 0 Å². The number of thiophene rings is 1. The Bertz CT molecular complexity index is 510. The molecule has 1 aromatic heterocycles. The fraction of sp³-hybridized carbons (Fsp3) is 0.231. The first-order valence-corrected chi connectivity index (χ1v) is 6.17. The van der Waals surface area contributed by atoms with E-state index in [1.807, 2.05) is 19.1 Å². The van der Waals surface area contributed by atoms with Gasteiger partial charge in [0, 0.05) is 22.4 Å². The second kappa shape index (κ2) is 5.29. The van der Waals surface area contributed by atoms with Crippen LogP contribution in [-0.4, -0.2) is 0 Å². The molecule has 0 spiro atoms. The van der Waals surface area contributed by atoms with Gasteiger partial charge in [-0.2, -0.15) is 0 Å². The Morgan fingerprint density at radius 1 is 1.24 bits per heavy atom. The molecule has 2 rings (SSSR count). The summed E-state index contributed by atoms with van der Waals surface area (Å²) in [5.74, 6) is 0.312. The molecule has 90 valence electrons.